The lowest BCUT2D eigenvalue weighted by atomic mass is 9.90. The highest BCUT2D eigenvalue weighted by Crippen LogP contribution is 2.32. The highest BCUT2D eigenvalue weighted by Gasteiger charge is 2.51. The molecule has 26 heavy (non-hydrogen) atoms. The highest BCUT2D eigenvalue weighted by molar-refractivity contribution is 6.10. The van der Waals surface area contributed by atoms with Crippen molar-refractivity contribution in [2.24, 2.45) is 0 Å². The van der Waals surface area contributed by atoms with Gasteiger partial charge in [-0.3, -0.25) is 14.5 Å². The second-order valence-electron chi connectivity index (χ2n) is 6.80. The van der Waals surface area contributed by atoms with Crippen molar-refractivity contribution >= 4 is 23.5 Å². The summed E-state index contributed by atoms with van der Waals surface area (Å²) in [5, 5.41) is 5.57. The summed E-state index contributed by atoms with van der Waals surface area (Å²) >= 11 is 0. The number of imide groups is 1. The monoisotopic (exact) mass is 359 g/mol. The fraction of sp³-hybridized carbons (Fsp3) is 0.526. The molecule has 1 aromatic carbocycles. The number of rotatable bonds is 5. The molecule has 2 fully saturated rings. The maximum atomic E-state index is 12.8. The van der Waals surface area contributed by atoms with Gasteiger partial charge >= 0.3 is 6.03 Å². The number of ether oxygens (including phenoxy) is 1. The van der Waals surface area contributed by atoms with Gasteiger partial charge < -0.3 is 15.4 Å². The van der Waals surface area contributed by atoms with Crippen molar-refractivity contribution in [1.29, 1.82) is 0 Å². The van der Waals surface area contributed by atoms with Crippen LogP contribution < -0.4 is 15.4 Å². The normalized spacial score (nSPS) is 19.2. The first kappa shape index (κ1) is 18.2. The average Bonchev–Trinajstić information content (AvgIpc) is 2.79. The number of carbonyl (C=O) groups is 3. The van der Waals surface area contributed by atoms with Crippen LogP contribution in [0.5, 0.6) is 5.75 Å². The Morgan fingerprint density at radius 2 is 1.88 bits per heavy atom. The Morgan fingerprint density at radius 1 is 1.19 bits per heavy atom. The van der Waals surface area contributed by atoms with Crippen LogP contribution in [0.1, 0.15) is 45.4 Å². The summed E-state index contributed by atoms with van der Waals surface area (Å²) in [7, 11) is 0. The van der Waals surface area contributed by atoms with Crippen LogP contribution >= 0.6 is 0 Å². The Hall–Kier alpha value is -2.57. The van der Waals surface area contributed by atoms with Crippen LogP contribution in [-0.2, 0) is 9.59 Å². The second kappa shape index (κ2) is 7.76. The molecule has 3 rings (SSSR count). The van der Waals surface area contributed by atoms with Crippen LogP contribution in [0.4, 0.5) is 10.5 Å². The van der Waals surface area contributed by atoms with Gasteiger partial charge in [-0.15, -0.1) is 0 Å². The topological polar surface area (TPSA) is 87.7 Å². The standard InChI is InChI=1S/C19H25N3O4/c1-2-26-15-10-6-5-9-14(15)20-16(23)13-22-17(24)19(21-18(22)25)11-7-3-4-8-12-19/h5-6,9-10H,2-4,7-8,11-13H2,1H3,(H,20,23)(H,21,25). The van der Waals surface area contributed by atoms with Crippen LogP contribution in [0.2, 0.25) is 0 Å². The molecule has 1 spiro atoms. The molecule has 1 aliphatic heterocycles. The highest BCUT2D eigenvalue weighted by atomic mass is 16.5. The van der Waals surface area contributed by atoms with E-state index in [-0.39, 0.29) is 12.5 Å². The van der Waals surface area contributed by atoms with Gasteiger partial charge in [0.25, 0.3) is 5.91 Å². The largest absolute Gasteiger partial charge is 0.492 e. The molecule has 4 amide bonds. The van der Waals surface area contributed by atoms with Gasteiger partial charge in [0.05, 0.1) is 12.3 Å². The van der Waals surface area contributed by atoms with Gasteiger partial charge in [-0.05, 0) is 31.9 Å². The Labute approximate surface area is 153 Å². The van der Waals surface area contributed by atoms with Crippen LogP contribution in [0.15, 0.2) is 24.3 Å². The number of carbonyl (C=O) groups excluding carboxylic acids is 3. The Kier molecular flexibility index (Phi) is 5.44. The molecule has 1 aromatic rings. The number of nitrogens with one attached hydrogen (secondary N) is 2. The second-order valence-corrected chi connectivity index (χ2v) is 6.80. The van der Waals surface area contributed by atoms with E-state index in [9.17, 15) is 14.4 Å². The molecule has 2 aliphatic rings. The zero-order chi connectivity index (χ0) is 18.6. The van der Waals surface area contributed by atoms with E-state index in [1.54, 1.807) is 18.2 Å². The van der Waals surface area contributed by atoms with Crippen molar-refractivity contribution in [2.75, 3.05) is 18.5 Å². The van der Waals surface area contributed by atoms with Crippen molar-refractivity contribution in [1.82, 2.24) is 10.2 Å². The lowest BCUT2D eigenvalue weighted by molar-refractivity contribution is -0.134. The summed E-state index contributed by atoms with van der Waals surface area (Å²) < 4.78 is 5.48. The van der Waals surface area contributed by atoms with Gasteiger partial charge in [0, 0.05) is 0 Å². The van der Waals surface area contributed by atoms with E-state index in [4.69, 9.17) is 4.74 Å². The smallest absolute Gasteiger partial charge is 0.325 e. The molecule has 7 heteroatoms. The first-order valence-electron chi connectivity index (χ1n) is 9.21. The number of hydrogen-bond donors (Lipinski definition) is 2. The molecule has 0 bridgehead atoms. The van der Waals surface area contributed by atoms with Crippen molar-refractivity contribution in [3.8, 4) is 5.75 Å². The zero-order valence-electron chi connectivity index (χ0n) is 15.0. The number of amides is 4. The molecule has 1 saturated heterocycles. The third kappa shape index (κ3) is 3.66. The van der Waals surface area contributed by atoms with E-state index >= 15 is 0 Å². The summed E-state index contributed by atoms with van der Waals surface area (Å²) in [6, 6.07) is 6.60. The molecular weight excluding hydrogens is 334 g/mol. The predicted octanol–water partition coefficient (Wildman–Crippen LogP) is 2.67. The number of benzene rings is 1. The van der Waals surface area contributed by atoms with Gasteiger partial charge in [-0.25, -0.2) is 4.79 Å². The van der Waals surface area contributed by atoms with Crippen LogP contribution in [0.3, 0.4) is 0 Å². The van der Waals surface area contributed by atoms with Gasteiger partial charge in [-0.2, -0.15) is 0 Å². The van der Waals surface area contributed by atoms with E-state index in [1.165, 1.54) is 0 Å². The first-order chi connectivity index (χ1) is 12.6. The Bertz CT molecular complexity index is 696. The maximum absolute atomic E-state index is 12.8. The third-order valence-electron chi connectivity index (χ3n) is 4.97. The molecule has 0 atom stereocenters. The van der Waals surface area contributed by atoms with Crippen molar-refractivity contribution in [3.63, 3.8) is 0 Å². The van der Waals surface area contributed by atoms with Gasteiger partial charge in [0.1, 0.15) is 17.8 Å². The van der Waals surface area contributed by atoms with E-state index in [2.05, 4.69) is 10.6 Å². The lowest BCUT2D eigenvalue weighted by Gasteiger charge is -2.24. The fourth-order valence-electron chi connectivity index (χ4n) is 3.68. The number of urea groups is 1. The molecule has 0 aromatic heterocycles. The molecule has 1 heterocycles. The SMILES string of the molecule is CCOc1ccccc1NC(=O)CN1C(=O)NC2(CCCCCC2)C1=O. The van der Waals surface area contributed by atoms with E-state index in [1.807, 2.05) is 13.0 Å². The van der Waals surface area contributed by atoms with Crippen LogP contribution in [-0.4, -0.2) is 41.4 Å². The summed E-state index contributed by atoms with van der Waals surface area (Å²) in [6.07, 6.45) is 5.24. The minimum Gasteiger partial charge on any atom is -0.492 e. The van der Waals surface area contributed by atoms with E-state index < -0.39 is 17.5 Å². The number of nitrogens with zero attached hydrogens (tertiary/aromatic N) is 1. The van der Waals surface area contributed by atoms with Crippen molar-refractivity contribution in [3.05, 3.63) is 24.3 Å². The molecular formula is C19H25N3O4. The van der Waals surface area contributed by atoms with Gasteiger partial charge in [0.15, 0.2) is 0 Å². The van der Waals surface area contributed by atoms with Crippen molar-refractivity contribution < 1.29 is 19.1 Å². The van der Waals surface area contributed by atoms with Gasteiger partial charge in [0.2, 0.25) is 5.91 Å². The van der Waals surface area contributed by atoms with Crippen LogP contribution in [0.25, 0.3) is 0 Å². The average molecular weight is 359 g/mol. The van der Waals surface area contributed by atoms with Crippen LogP contribution in [0, 0.1) is 0 Å². The van der Waals surface area contributed by atoms with Gasteiger partial charge in [-0.1, -0.05) is 37.8 Å². The minimum atomic E-state index is -0.822. The minimum absolute atomic E-state index is 0.280. The fourth-order valence-corrected chi connectivity index (χ4v) is 3.68. The lowest BCUT2D eigenvalue weighted by Crippen LogP contribution is -2.47. The zero-order valence-corrected chi connectivity index (χ0v) is 15.0. The summed E-state index contributed by atoms with van der Waals surface area (Å²) in [4.78, 5) is 38.6. The predicted molar refractivity (Wildman–Crippen MR) is 96.9 cm³/mol. The summed E-state index contributed by atoms with van der Waals surface area (Å²) in [5.74, 6) is -0.148. The number of hydrogen-bond acceptors (Lipinski definition) is 4. The van der Waals surface area contributed by atoms with Crippen molar-refractivity contribution in [2.45, 2.75) is 51.0 Å². The molecule has 0 radical (unpaired) electrons. The summed E-state index contributed by atoms with van der Waals surface area (Å²) in [6.45, 7) is 2.04. The molecule has 140 valence electrons. The van der Waals surface area contributed by atoms with E-state index in [0.717, 1.165) is 30.6 Å². The quantitative estimate of drug-likeness (QED) is 0.791. The third-order valence-corrected chi connectivity index (χ3v) is 4.97. The molecule has 1 aliphatic carbocycles. The first-order valence-corrected chi connectivity index (χ1v) is 9.21. The number of anilines is 1. The Balaban J connectivity index is 1.68. The Morgan fingerprint density at radius 3 is 2.58 bits per heavy atom. The molecule has 7 nitrogen and oxygen atoms in total. The molecule has 2 N–H and O–H groups in total. The number of para-hydroxylation sites is 2. The molecule has 0 unspecified atom stereocenters. The van der Waals surface area contributed by atoms with E-state index in [0.29, 0.717) is 30.9 Å². The molecule has 1 saturated carbocycles. The maximum Gasteiger partial charge on any atom is 0.325 e. The summed E-state index contributed by atoms with van der Waals surface area (Å²) in [5.41, 5.74) is -0.299.